The van der Waals surface area contributed by atoms with Crippen molar-refractivity contribution in [3.05, 3.63) is 57.2 Å². The third-order valence-corrected chi connectivity index (χ3v) is 4.78. The van der Waals surface area contributed by atoms with Crippen LogP contribution in [0, 0.1) is 3.57 Å². The summed E-state index contributed by atoms with van der Waals surface area (Å²) in [5, 5.41) is 0. The molecule has 0 fully saturated rings. The first kappa shape index (κ1) is 11.3. The fourth-order valence-corrected chi connectivity index (χ4v) is 3.73. The molecule has 1 aliphatic rings. The van der Waals surface area contributed by atoms with Gasteiger partial charge in [0.25, 0.3) is 0 Å². The molecule has 0 amide bonds. The Labute approximate surface area is 116 Å². The topological polar surface area (TPSA) is 0 Å². The van der Waals surface area contributed by atoms with Gasteiger partial charge >= 0.3 is 0 Å². The summed E-state index contributed by atoms with van der Waals surface area (Å²) >= 11 is 2.53. The Bertz CT molecular complexity index is 529. The van der Waals surface area contributed by atoms with Crippen molar-refractivity contribution in [1.82, 2.24) is 0 Å². The summed E-state index contributed by atoms with van der Waals surface area (Å²) in [6.45, 7) is 0. The van der Waals surface area contributed by atoms with E-state index in [1.807, 2.05) is 0 Å². The van der Waals surface area contributed by atoms with Crippen molar-refractivity contribution < 1.29 is 0 Å². The molecule has 0 aliphatic heterocycles. The molecule has 86 valence electrons. The zero-order chi connectivity index (χ0) is 11.7. The van der Waals surface area contributed by atoms with Gasteiger partial charge < -0.3 is 0 Å². The van der Waals surface area contributed by atoms with Crippen molar-refractivity contribution >= 4 is 22.6 Å². The summed E-state index contributed by atoms with van der Waals surface area (Å²) in [4.78, 5) is 0. The first-order valence-corrected chi connectivity index (χ1v) is 7.30. The summed E-state index contributed by atoms with van der Waals surface area (Å²) in [6, 6.07) is 15.3. The third-order valence-electron chi connectivity index (χ3n) is 3.55. The quantitative estimate of drug-likeness (QED) is 0.655. The lowest BCUT2D eigenvalue weighted by atomic mass is 9.89. The molecular formula is C16H15I. The molecule has 1 aliphatic carbocycles. The number of hydrogen-bond donors (Lipinski definition) is 0. The Morgan fingerprint density at radius 2 is 1.59 bits per heavy atom. The van der Waals surface area contributed by atoms with Crippen molar-refractivity contribution in [2.24, 2.45) is 0 Å². The minimum absolute atomic E-state index is 1.26. The molecule has 1 heteroatoms. The second-order valence-electron chi connectivity index (χ2n) is 4.64. The number of fused-ring (bicyclic) bond motifs is 1. The van der Waals surface area contributed by atoms with E-state index in [9.17, 15) is 0 Å². The number of rotatable bonds is 1. The first-order chi connectivity index (χ1) is 8.36. The predicted molar refractivity (Wildman–Crippen MR) is 81.2 cm³/mol. The van der Waals surface area contributed by atoms with Crippen LogP contribution >= 0.6 is 22.6 Å². The van der Waals surface area contributed by atoms with Crippen LogP contribution in [-0.4, -0.2) is 0 Å². The average Bonchev–Trinajstić information content (AvgIpc) is 2.40. The number of benzene rings is 2. The standard InChI is InChI=1S/C16H15I/c17-16-14-9-5-4-8-13(14)10-11-15(16)12-6-2-1-3-7-12/h1-3,6-7,10-11H,4-5,8-9H2. The molecule has 0 atom stereocenters. The van der Waals surface area contributed by atoms with Crippen molar-refractivity contribution in [3.63, 3.8) is 0 Å². The number of hydrogen-bond acceptors (Lipinski definition) is 0. The van der Waals surface area contributed by atoms with E-state index in [2.05, 4.69) is 65.1 Å². The van der Waals surface area contributed by atoms with Crippen LogP contribution in [0.5, 0.6) is 0 Å². The summed E-state index contributed by atoms with van der Waals surface area (Å²) in [7, 11) is 0. The van der Waals surface area contributed by atoms with Gasteiger partial charge in [0.15, 0.2) is 0 Å². The summed E-state index contributed by atoms with van der Waals surface area (Å²) in [6.07, 6.45) is 5.23. The maximum absolute atomic E-state index is 2.53. The molecule has 0 nitrogen and oxygen atoms in total. The molecule has 2 aromatic carbocycles. The fourth-order valence-electron chi connectivity index (χ4n) is 2.62. The van der Waals surface area contributed by atoms with E-state index in [4.69, 9.17) is 0 Å². The molecule has 0 heterocycles. The Morgan fingerprint density at radius 1 is 0.824 bits per heavy atom. The molecule has 0 aromatic heterocycles. The molecule has 17 heavy (non-hydrogen) atoms. The smallest absolute Gasteiger partial charge is 0.0243 e. The summed E-state index contributed by atoms with van der Waals surface area (Å²) in [5.74, 6) is 0. The van der Waals surface area contributed by atoms with Gasteiger partial charge in [0.2, 0.25) is 0 Å². The van der Waals surface area contributed by atoms with Gasteiger partial charge in [-0.3, -0.25) is 0 Å². The van der Waals surface area contributed by atoms with Crippen LogP contribution in [0.1, 0.15) is 24.0 Å². The summed E-state index contributed by atoms with van der Waals surface area (Å²) in [5.41, 5.74) is 5.90. The first-order valence-electron chi connectivity index (χ1n) is 6.22. The Balaban J connectivity index is 2.13. The zero-order valence-electron chi connectivity index (χ0n) is 9.75. The van der Waals surface area contributed by atoms with E-state index in [1.165, 1.54) is 40.4 Å². The van der Waals surface area contributed by atoms with Crippen molar-refractivity contribution in [3.8, 4) is 11.1 Å². The van der Waals surface area contributed by atoms with E-state index in [1.54, 1.807) is 11.1 Å². The number of aryl methyl sites for hydroxylation is 1. The average molecular weight is 334 g/mol. The lowest BCUT2D eigenvalue weighted by Gasteiger charge is -2.19. The third kappa shape index (κ3) is 2.13. The van der Waals surface area contributed by atoms with E-state index in [-0.39, 0.29) is 0 Å². The van der Waals surface area contributed by atoms with E-state index < -0.39 is 0 Å². The lowest BCUT2D eigenvalue weighted by Crippen LogP contribution is -2.05. The van der Waals surface area contributed by atoms with Gasteiger partial charge in [-0.15, -0.1) is 0 Å². The lowest BCUT2D eigenvalue weighted by molar-refractivity contribution is 0.683. The van der Waals surface area contributed by atoms with Gasteiger partial charge in [-0.2, -0.15) is 0 Å². The zero-order valence-corrected chi connectivity index (χ0v) is 11.9. The van der Waals surface area contributed by atoms with E-state index in [0.717, 1.165) is 0 Å². The highest BCUT2D eigenvalue weighted by Crippen LogP contribution is 2.33. The highest BCUT2D eigenvalue weighted by Gasteiger charge is 2.15. The molecule has 0 N–H and O–H groups in total. The second-order valence-corrected chi connectivity index (χ2v) is 5.72. The Hall–Kier alpha value is -0.830. The van der Waals surface area contributed by atoms with Crippen LogP contribution in [0.25, 0.3) is 11.1 Å². The Kier molecular flexibility index (Phi) is 3.19. The molecule has 0 bridgehead atoms. The van der Waals surface area contributed by atoms with Crippen LogP contribution < -0.4 is 0 Å². The monoisotopic (exact) mass is 334 g/mol. The molecular weight excluding hydrogens is 319 g/mol. The normalized spacial score (nSPS) is 14.4. The molecule has 0 saturated carbocycles. The van der Waals surface area contributed by atoms with E-state index >= 15 is 0 Å². The Morgan fingerprint density at radius 3 is 2.41 bits per heavy atom. The maximum atomic E-state index is 2.53. The van der Waals surface area contributed by atoms with Gasteiger partial charge in [-0.1, -0.05) is 42.5 Å². The highest BCUT2D eigenvalue weighted by molar-refractivity contribution is 14.1. The highest BCUT2D eigenvalue weighted by atomic mass is 127. The van der Waals surface area contributed by atoms with Crippen LogP contribution in [-0.2, 0) is 12.8 Å². The van der Waals surface area contributed by atoms with Crippen molar-refractivity contribution in [2.75, 3.05) is 0 Å². The van der Waals surface area contributed by atoms with Gasteiger partial charge in [-0.05, 0) is 70.5 Å². The van der Waals surface area contributed by atoms with Crippen molar-refractivity contribution in [2.45, 2.75) is 25.7 Å². The van der Waals surface area contributed by atoms with Crippen molar-refractivity contribution in [1.29, 1.82) is 0 Å². The molecule has 0 unspecified atom stereocenters. The molecule has 2 aromatic rings. The largest absolute Gasteiger partial charge is 0.0622 e. The van der Waals surface area contributed by atoms with Crippen LogP contribution in [0.15, 0.2) is 42.5 Å². The molecule has 3 rings (SSSR count). The van der Waals surface area contributed by atoms with Crippen LogP contribution in [0.4, 0.5) is 0 Å². The molecule has 0 spiro atoms. The molecule has 0 saturated heterocycles. The summed E-state index contributed by atoms with van der Waals surface area (Å²) < 4.78 is 1.46. The number of halogens is 1. The SMILES string of the molecule is Ic1c(-c2ccccc2)ccc2c1CCCC2. The van der Waals surface area contributed by atoms with Crippen LogP contribution in [0.3, 0.4) is 0 Å². The van der Waals surface area contributed by atoms with E-state index in [0.29, 0.717) is 0 Å². The fraction of sp³-hybridized carbons (Fsp3) is 0.250. The molecule has 0 radical (unpaired) electrons. The van der Waals surface area contributed by atoms with Gasteiger partial charge in [0.05, 0.1) is 0 Å². The van der Waals surface area contributed by atoms with Crippen LogP contribution in [0.2, 0.25) is 0 Å². The van der Waals surface area contributed by atoms with Gasteiger partial charge in [0.1, 0.15) is 0 Å². The van der Waals surface area contributed by atoms with Gasteiger partial charge in [-0.25, -0.2) is 0 Å². The minimum Gasteiger partial charge on any atom is -0.0622 e. The maximum Gasteiger partial charge on any atom is 0.0243 e. The predicted octanol–water partition coefficient (Wildman–Crippen LogP) is 4.84. The minimum atomic E-state index is 1.26. The second kappa shape index (κ2) is 4.81. The van der Waals surface area contributed by atoms with Gasteiger partial charge in [0, 0.05) is 3.57 Å².